The van der Waals surface area contributed by atoms with Crippen molar-refractivity contribution in [3.8, 4) is 0 Å². The first-order chi connectivity index (χ1) is 10.0. The summed E-state index contributed by atoms with van der Waals surface area (Å²) in [7, 11) is 1.90. The number of alkyl halides is 1. The number of nitrogens with zero attached hydrogens (tertiary/aromatic N) is 2. The molecule has 1 fully saturated rings. The Kier molecular flexibility index (Phi) is 3.98. The second-order valence-electron chi connectivity index (χ2n) is 5.95. The Labute approximate surface area is 133 Å². The van der Waals surface area contributed by atoms with Crippen molar-refractivity contribution in [2.24, 2.45) is 5.92 Å². The van der Waals surface area contributed by atoms with Gasteiger partial charge in [-0.3, -0.25) is 9.78 Å². The van der Waals surface area contributed by atoms with Crippen LogP contribution in [0, 0.1) is 12.8 Å². The lowest BCUT2D eigenvalue weighted by atomic mass is 9.85. The van der Waals surface area contributed by atoms with Crippen molar-refractivity contribution < 1.29 is 4.79 Å². The number of hydrogen-bond donors (Lipinski definition) is 0. The normalized spacial score (nSPS) is 21.1. The largest absolute Gasteiger partial charge is 0.341 e. The highest BCUT2D eigenvalue weighted by atomic mass is 79.9. The molecule has 3 nitrogen and oxygen atoms in total. The topological polar surface area (TPSA) is 33.2 Å². The van der Waals surface area contributed by atoms with E-state index >= 15 is 0 Å². The van der Waals surface area contributed by atoms with Crippen LogP contribution in [0.5, 0.6) is 0 Å². The molecule has 21 heavy (non-hydrogen) atoms. The fourth-order valence-corrected chi connectivity index (χ4v) is 4.02. The zero-order valence-electron chi connectivity index (χ0n) is 12.3. The third kappa shape index (κ3) is 2.95. The first kappa shape index (κ1) is 14.5. The maximum Gasteiger partial charge on any atom is 0.254 e. The molecule has 0 N–H and O–H groups in total. The first-order valence-electron chi connectivity index (χ1n) is 7.30. The summed E-state index contributed by atoms with van der Waals surface area (Å²) in [6.45, 7) is 2.77. The number of halogens is 1. The molecule has 0 aliphatic heterocycles. The van der Waals surface area contributed by atoms with E-state index in [1.165, 1.54) is 0 Å². The van der Waals surface area contributed by atoms with Crippen molar-refractivity contribution >= 4 is 32.7 Å². The van der Waals surface area contributed by atoms with E-state index in [2.05, 4.69) is 20.9 Å². The lowest BCUT2D eigenvalue weighted by Crippen LogP contribution is -2.37. The van der Waals surface area contributed by atoms with Crippen molar-refractivity contribution in [2.75, 3.05) is 13.6 Å². The number of aryl methyl sites for hydroxylation is 1. The van der Waals surface area contributed by atoms with E-state index in [-0.39, 0.29) is 5.91 Å². The van der Waals surface area contributed by atoms with Crippen LogP contribution in [0.25, 0.3) is 10.9 Å². The minimum Gasteiger partial charge on any atom is -0.341 e. The maximum atomic E-state index is 12.8. The summed E-state index contributed by atoms with van der Waals surface area (Å²) in [4.78, 5) is 19.7. The predicted molar refractivity (Wildman–Crippen MR) is 88.9 cm³/mol. The number of para-hydroxylation sites is 1. The average Bonchev–Trinajstić information content (AvgIpc) is 2.43. The van der Waals surface area contributed by atoms with Gasteiger partial charge >= 0.3 is 0 Å². The monoisotopic (exact) mass is 346 g/mol. The number of amides is 1. The molecule has 1 aromatic heterocycles. The number of fused-ring (bicyclic) bond motifs is 1. The fourth-order valence-electron chi connectivity index (χ4n) is 2.96. The number of pyridine rings is 1. The molecule has 1 aliphatic rings. The van der Waals surface area contributed by atoms with Crippen LogP contribution in [0.3, 0.4) is 0 Å². The molecule has 0 atom stereocenters. The van der Waals surface area contributed by atoms with Crippen molar-refractivity contribution in [2.45, 2.75) is 24.6 Å². The van der Waals surface area contributed by atoms with Gasteiger partial charge < -0.3 is 4.90 Å². The van der Waals surface area contributed by atoms with Gasteiger partial charge in [-0.1, -0.05) is 34.1 Å². The molecular weight excluding hydrogens is 328 g/mol. The number of carbonyl (C=O) groups excluding carboxylic acids is 1. The van der Waals surface area contributed by atoms with Gasteiger partial charge in [-0.05, 0) is 37.8 Å². The van der Waals surface area contributed by atoms with Crippen LogP contribution < -0.4 is 0 Å². The Hall–Kier alpha value is -1.42. The summed E-state index contributed by atoms with van der Waals surface area (Å²) in [5, 5.41) is 0.937. The molecule has 0 saturated heterocycles. The molecule has 0 radical (unpaired) electrons. The summed E-state index contributed by atoms with van der Waals surface area (Å²) < 4.78 is 0. The molecule has 110 valence electrons. The van der Waals surface area contributed by atoms with E-state index in [0.29, 0.717) is 10.7 Å². The summed E-state index contributed by atoms with van der Waals surface area (Å²) in [6, 6.07) is 9.74. The molecule has 1 aliphatic carbocycles. The summed E-state index contributed by atoms with van der Waals surface area (Å²) in [5.74, 6) is 0.715. The van der Waals surface area contributed by atoms with Crippen LogP contribution in [0.4, 0.5) is 0 Å². The fraction of sp³-hybridized carbons (Fsp3) is 0.412. The number of rotatable bonds is 3. The Morgan fingerprint density at radius 3 is 2.81 bits per heavy atom. The summed E-state index contributed by atoms with van der Waals surface area (Å²) >= 11 is 3.60. The molecule has 0 spiro atoms. The second kappa shape index (κ2) is 5.76. The molecule has 1 saturated carbocycles. The number of aromatic nitrogens is 1. The van der Waals surface area contributed by atoms with Crippen LogP contribution in [-0.2, 0) is 0 Å². The van der Waals surface area contributed by atoms with Crippen LogP contribution >= 0.6 is 15.9 Å². The van der Waals surface area contributed by atoms with Crippen LogP contribution in [-0.4, -0.2) is 34.2 Å². The molecule has 1 heterocycles. The minimum absolute atomic E-state index is 0.0923. The third-order valence-electron chi connectivity index (χ3n) is 4.13. The van der Waals surface area contributed by atoms with Gasteiger partial charge in [0.1, 0.15) is 0 Å². The number of carbonyl (C=O) groups is 1. The van der Waals surface area contributed by atoms with Gasteiger partial charge in [-0.2, -0.15) is 0 Å². The average molecular weight is 347 g/mol. The molecule has 0 unspecified atom stereocenters. The second-order valence-corrected chi connectivity index (χ2v) is 7.24. The van der Waals surface area contributed by atoms with Crippen molar-refractivity contribution in [3.63, 3.8) is 0 Å². The van der Waals surface area contributed by atoms with Gasteiger partial charge in [-0.15, -0.1) is 0 Å². The SMILES string of the molecule is Cc1cc(C(=O)N(C)CC2CC(Br)C2)c2ccccc2n1. The van der Waals surface area contributed by atoms with E-state index in [1.54, 1.807) is 0 Å². The Morgan fingerprint density at radius 1 is 1.38 bits per heavy atom. The summed E-state index contributed by atoms with van der Waals surface area (Å²) in [5.41, 5.74) is 2.53. The predicted octanol–water partition coefficient (Wildman–Crippen LogP) is 3.79. The smallest absolute Gasteiger partial charge is 0.254 e. The Balaban J connectivity index is 1.86. The van der Waals surface area contributed by atoms with E-state index in [0.717, 1.165) is 41.5 Å². The van der Waals surface area contributed by atoms with E-state index < -0.39 is 0 Å². The van der Waals surface area contributed by atoms with E-state index in [9.17, 15) is 4.79 Å². The van der Waals surface area contributed by atoms with Gasteiger partial charge in [0.25, 0.3) is 5.91 Å². The third-order valence-corrected chi connectivity index (χ3v) is 4.88. The number of benzene rings is 1. The minimum atomic E-state index is 0.0923. The lowest BCUT2D eigenvalue weighted by molar-refractivity contribution is 0.0750. The van der Waals surface area contributed by atoms with Gasteiger partial charge in [-0.25, -0.2) is 0 Å². The van der Waals surface area contributed by atoms with Crippen LogP contribution in [0.15, 0.2) is 30.3 Å². The molecule has 1 amide bonds. The standard InChI is InChI=1S/C17H19BrN2O/c1-11-7-15(14-5-3-4-6-16(14)19-11)17(21)20(2)10-12-8-13(18)9-12/h3-7,12-13H,8-10H2,1-2H3. The van der Waals surface area contributed by atoms with Crippen molar-refractivity contribution in [1.82, 2.24) is 9.88 Å². The molecule has 0 bridgehead atoms. The number of hydrogen-bond acceptors (Lipinski definition) is 2. The first-order valence-corrected chi connectivity index (χ1v) is 8.22. The molecule has 3 rings (SSSR count). The van der Waals surface area contributed by atoms with Gasteiger partial charge in [0.05, 0.1) is 11.1 Å². The Bertz CT molecular complexity index is 680. The van der Waals surface area contributed by atoms with Crippen molar-refractivity contribution in [3.05, 3.63) is 41.6 Å². The lowest BCUT2D eigenvalue weighted by Gasteiger charge is -2.34. The maximum absolute atomic E-state index is 12.8. The molecule has 2 aromatic rings. The quantitative estimate of drug-likeness (QED) is 0.792. The molecular formula is C17H19BrN2O. The van der Waals surface area contributed by atoms with Crippen LogP contribution in [0.2, 0.25) is 0 Å². The highest BCUT2D eigenvalue weighted by Crippen LogP contribution is 2.34. The summed E-state index contributed by atoms with van der Waals surface area (Å²) in [6.07, 6.45) is 2.32. The van der Waals surface area contributed by atoms with Crippen LogP contribution in [0.1, 0.15) is 28.9 Å². The highest BCUT2D eigenvalue weighted by molar-refractivity contribution is 9.09. The Morgan fingerprint density at radius 2 is 2.10 bits per heavy atom. The molecule has 4 heteroatoms. The van der Waals surface area contributed by atoms with E-state index in [1.807, 2.05) is 49.2 Å². The highest BCUT2D eigenvalue weighted by Gasteiger charge is 2.29. The van der Waals surface area contributed by atoms with E-state index in [4.69, 9.17) is 0 Å². The van der Waals surface area contributed by atoms with Gasteiger partial charge in [0, 0.05) is 29.5 Å². The van der Waals surface area contributed by atoms with Crippen molar-refractivity contribution in [1.29, 1.82) is 0 Å². The van der Waals surface area contributed by atoms with Gasteiger partial charge in [0.2, 0.25) is 0 Å². The molecule has 1 aromatic carbocycles. The zero-order chi connectivity index (χ0) is 15.0. The van der Waals surface area contributed by atoms with Gasteiger partial charge in [0.15, 0.2) is 0 Å². The zero-order valence-corrected chi connectivity index (χ0v) is 13.9.